The number of hydrogen-bond donors (Lipinski definition) is 2. The number of pyridine rings is 1. The largest absolute Gasteiger partial charge is 0.491 e. The molecule has 0 unspecified atom stereocenters. The molecule has 2 aromatic heterocycles. The second-order valence-corrected chi connectivity index (χ2v) is 7.58. The van der Waals surface area contributed by atoms with Crippen molar-refractivity contribution in [3.05, 3.63) is 59.8 Å². The Hall–Kier alpha value is -3.81. The lowest BCUT2D eigenvalue weighted by Gasteiger charge is -2.34. The number of rotatable bonds is 6. The molecule has 0 radical (unpaired) electrons. The highest BCUT2D eigenvalue weighted by Crippen LogP contribution is 2.32. The van der Waals surface area contributed by atoms with E-state index in [1.807, 2.05) is 0 Å². The number of alkyl halides is 6. The first-order valence-electron chi connectivity index (χ1n) is 10.2. The van der Waals surface area contributed by atoms with E-state index < -0.39 is 23.9 Å². The summed E-state index contributed by atoms with van der Waals surface area (Å²) in [5, 5.41) is 19.7. The van der Waals surface area contributed by atoms with Crippen molar-refractivity contribution in [2.24, 2.45) is 0 Å². The number of halogens is 6. The molecule has 0 spiro atoms. The van der Waals surface area contributed by atoms with Crippen molar-refractivity contribution in [3.8, 4) is 23.1 Å². The van der Waals surface area contributed by atoms with Crippen LogP contribution in [0.4, 0.5) is 26.3 Å². The summed E-state index contributed by atoms with van der Waals surface area (Å²) in [5.74, 6) is -2.12. The maximum absolute atomic E-state index is 12.7. The molecule has 8 nitrogen and oxygen atoms in total. The van der Waals surface area contributed by atoms with E-state index >= 15 is 0 Å². The normalized spacial score (nSPS) is 17.5. The van der Waals surface area contributed by atoms with Crippen molar-refractivity contribution < 1.29 is 55.3 Å². The Kier molecular flexibility index (Phi) is 8.07. The van der Waals surface area contributed by atoms with Gasteiger partial charge >= 0.3 is 18.3 Å². The average Bonchev–Trinajstić information content (AvgIpc) is 3.21. The zero-order chi connectivity index (χ0) is 26.5. The van der Waals surface area contributed by atoms with Crippen molar-refractivity contribution in [2.75, 3.05) is 0 Å². The quantitative estimate of drug-likeness (QED) is 0.425. The first kappa shape index (κ1) is 26.8. The number of benzene rings is 1. The third kappa shape index (κ3) is 7.60. The Morgan fingerprint density at radius 3 is 2.28 bits per heavy atom. The molecule has 1 saturated carbocycles. The van der Waals surface area contributed by atoms with Crippen LogP contribution in [0.5, 0.6) is 11.8 Å². The summed E-state index contributed by atoms with van der Waals surface area (Å²) < 4.78 is 86.3. The van der Waals surface area contributed by atoms with Crippen LogP contribution in [0.1, 0.15) is 24.0 Å². The minimum absolute atomic E-state index is 0.0609. The Morgan fingerprint density at radius 2 is 1.75 bits per heavy atom. The number of carboxylic acid groups (broad SMARTS) is 1. The summed E-state index contributed by atoms with van der Waals surface area (Å²) >= 11 is 0. The van der Waals surface area contributed by atoms with Crippen LogP contribution < -0.4 is 4.74 Å². The van der Waals surface area contributed by atoms with Crippen LogP contribution in [-0.2, 0) is 22.3 Å². The van der Waals surface area contributed by atoms with Crippen molar-refractivity contribution in [2.45, 2.75) is 44.0 Å². The second-order valence-electron chi connectivity index (χ2n) is 7.58. The van der Waals surface area contributed by atoms with Crippen LogP contribution >= 0.6 is 0 Å². The molecule has 194 valence electrons. The van der Waals surface area contributed by atoms with Crippen LogP contribution in [0, 0.1) is 0 Å². The molecular formula is C22H18F6N2O6. The molecule has 1 fully saturated rings. The Bertz CT molecular complexity index is 1160. The van der Waals surface area contributed by atoms with E-state index in [1.54, 1.807) is 24.4 Å². The van der Waals surface area contributed by atoms with Crippen molar-refractivity contribution in [3.63, 3.8) is 0 Å². The van der Waals surface area contributed by atoms with Gasteiger partial charge in [-0.25, -0.2) is 9.78 Å². The number of aromatic nitrogens is 2. The molecule has 36 heavy (non-hydrogen) atoms. The fourth-order valence-electron chi connectivity index (χ4n) is 2.97. The third-order valence-electron chi connectivity index (χ3n) is 4.84. The van der Waals surface area contributed by atoms with Crippen LogP contribution in [0.2, 0.25) is 0 Å². The maximum atomic E-state index is 12.7. The Balaban J connectivity index is 0.000000454. The summed E-state index contributed by atoms with van der Waals surface area (Å²) in [7, 11) is 0. The zero-order valence-corrected chi connectivity index (χ0v) is 18.1. The fraction of sp³-hybridized carbons (Fsp3) is 0.318. The van der Waals surface area contributed by atoms with E-state index in [1.165, 1.54) is 12.1 Å². The predicted octanol–water partition coefficient (Wildman–Crippen LogP) is 5.22. The lowest BCUT2D eigenvalue weighted by molar-refractivity contribution is -0.192. The molecular weight excluding hydrogens is 502 g/mol. The Labute approximate surface area is 199 Å². The van der Waals surface area contributed by atoms with Crippen LogP contribution in [-0.4, -0.2) is 44.7 Å². The number of aromatic hydroxyl groups is 1. The highest BCUT2D eigenvalue weighted by atomic mass is 19.4. The lowest BCUT2D eigenvalue weighted by atomic mass is 9.92. The average molecular weight is 520 g/mol. The number of hydrogen-bond acceptors (Lipinski definition) is 7. The standard InChI is InChI=1S/C20H17F3N2O4.C2HF3O2/c21-20(22,23)14-3-1-2-12(6-14)11-27-15-7-16(8-15)28-19-5-4-13(10-24-19)17-9-18(26)25-29-17;3-2(4,5)1(6)7/h1-6,9-10,15-16H,7-8,11H2,(H,25,26);(H,6,7)/t15-,16+;. The smallest absolute Gasteiger partial charge is 0.490 e. The van der Waals surface area contributed by atoms with Gasteiger partial charge in [-0.3, -0.25) is 0 Å². The van der Waals surface area contributed by atoms with Gasteiger partial charge < -0.3 is 24.2 Å². The van der Waals surface area contributed by atoms with Crippen molar-refractivity contribution in [1.82, 2.24) is 10.1 Å². The highest BCUT2D eigenvalue weighted by Gasteiger charge is 2.38. The molecule has 3 aromatic rings. The van der Waals surface area contributed by atoms with Crippen LogP contribution in [0.15, 0.2) is 53.2 Å². The summed E-state index contributed by atoms with van der Waals surface area (Å²) in [6, 6.07) is 9.95. The summed E-state index contributed by atoms with van der Waals surface area (Å²) in [6.45, 7) is 0.123. The molecule has 0 atom stereocenters. The van der Waals surface area contributed by atoms with E-state index in [2.05, 4.69) is 10.1 Å². The molecule has 2 heterocycles. The van der Waals surface area contributed by atoms with Gasteiger partial charge in [-0.2, -0.15) is 26.3 Å². The predicted molar refractivity (Wildman–Crippen MR) is 109 cm³/mol. The molecule has 0 amide bonds. The summed E-state index contributed by atoms with van der Waals surface area (Å²) in [5.41, 5.74) is 0.462. The van der Waals surface area contributed by atoms with Gasteiger partial charge in [0.05, 0.1) is 18.3 Å². The molecule has 14 heteroatoms. The number of aliphatic carboxylic acids is 1. The van der Waals surface area contributed by atoms with Gasteiger partial charge in [-0.15, -0.1) is 0 Å². The fourth-order valence-corrected chi connectivity index (χ4v) is 2.97. The highest BCUT2D eigenvalue weighted by molar-refractivity contribution is 5.73. The van der Waals surface area contributed by atoms with Gasteiger partial charge in [-0.1, -0.05) is 12.1 Å². The van der Waals surface area contributed by atoms with E-state index in [-0.39, 0.29) is 24.7 Å². The molecule has 0 aliphatic heterocycles. The van der Waals surface area contributed by atoms with Gasteiger partial charge in [0.2, 0.25) is 5.88 Å². The maximum Gasteiger partial charge on any atom is 0.490 e. The first-order valence-corrected chi connectivity index (χ1v) is 10.2. The van der Waals surface area contributed by atoms with Crippen molar-refractivity contribution in [1.29, 1.82) is 0 Å². The third-order valence-corrected chi connectivity index (χ3v) is 4.84. The Morgan fingerprint density at radius 1 is 1.06 bits per heavy atom. The minimum Gasteiger partial charge on any atom is -0.491 e. The molecule has 4 rings (SSSR count). The van der Waals surface area contributed by atoms with E-state index in [0.29, 0.717) is 35.6 Å². The second kappa shape index (κ2) is 10.8. The zero-order valence-electron chi connectivity index (χ0n) is 18.1. The monoisotopic (exact) mass is 520 g/mol. The van der Waals surface area contributed by atoms with E-state index in [0.717, 1.165) is 12.1 Å². The van der Waals surface area contributed by atoms with Gasteiger partial charge in [-0.05, 0) is 28.9 Å². The van der Waals surface area contributed by atoms with Gasteiger partial charge in [0.1, 0.15) is 6.10 Å². The summed E-state index contributed by atoms with van der Waals surface area (Å²) in [6.07, 6.45) is -6.74. The lowest BCUT2D eigenvalue weighted by Crippen LogP contribution is -2.39. The van der Waals surface area contributed by atoms with Gasteiger partial charge in [0.25, 0.3) is 5.88 Å². The van der Waals surface area contributed by atoms with Gasteiger partial charge in [0.15, 0.2) is 5.76 Å². The topological polar surface area (TPSA) is 115 Å². The van der Waals surface area contributed by atoms with Crippen LogP contribution in [0.25, 0.3) is 11.3 Å². The molecule has 2 N–H and O–H groups in total. The summed E-state index contributed by atoms with van der Waals surface area (Å²) in [4.78, 5) is 13.1. The molecule has 0 bridgehead atoms. The van der Waals surface area contributed by atoms with Crippen molar-refractivity contribution >= 4 is 5.97 Å². The number of carboxylic acids is 1. The molecule has 1 aliphatic rings. The number of ether oxygens (including phenoxy) is 2. The van der Waals surface area contributed by atoms with Gasteiger partial charge in [0, 0.05) is 36.7 Å². The SMILES string of the molecule is O=C(O)C(F)(F)F.Oc1cc(-c2ccc(O[C@H]3C[C@@H](OCc4cccc(C(F)(F)F)c4)C3)nc2)on1. The first-order chi connectivity index (χ1) is 16.8. The van der Waals surface area contributed by atoms with Crippen LogP contribution in [0.3, 0.4) is 0 Å². The molecule has 0 saturated heterocycles. The number of carbonyl (C=O) groups is 1. The molecule has 1 aromatic carbocycles. The van der Waals surface area contributed by atoms with E-state index in [4.69, 9.17) is 23.9 Å². The minimum atomic E-state index is -5.08. The number of nitrogens with zero attached hydrogens (tertiary/aromatic N) is 2. The van der Waals surface area contributed by atoms with E-state index in [9.17, 15) is 31.4 Å². The molecule has 1 aliphatic carbocycles.